The SMILES string of the molecule is Cc1ccc(CNC(=O)C2CN(C)CC3(CCNCC3)O2)cc1.O=C(O)C(F)(F)F.O=C(O)C(F)(F)F. The number of aryl methyl sites for hydroxylation is 1. The molecular formula is C22H29F6N3O6. The molecule has 210 valence electrons. The zero-order chi connectivity index (χ0) is 28.4. The standard InChI is InChI=1S/C18H27N3O2.2C2HF3O2/c1-14-3-5-15(6-4-14)11-20-17(22)16-12-21(2)13-18(23-16)7-9-19-10-8-18;2*3-2(4,5)1(6)7/h3-6,16,19H,7-13H2,1-2H3,(H,20,22);2*(H,6,7). The minimum atomic E-state index is -5.08. The molecule has 1 aromatic carbocycles. The van der Waals surface area contributed by atoms with Crippen molar-refractivity contribution in [1.29, 1.82) is 0 Å². The molecule has 3 rings (SSSR count). The highest BCUT2D eigenvalue weighted by Gasteiger charge is 2.42. The molecule has 0 radical (unpaired) electrons. The van der Waals surface area contributed by atoms with Gasteiger partial charge in [0, 0.05) is 19.6 Å². The van der Waals surface area contributed by atoms with Crippen LogP contribution in [0, 0.1) is 6.92 Å². The molecule has 37 heavy (non-hydrogen) atoms. The van der Waals surface area contributed by atoms with E-state index in [2.05, 4.69) is 53.8 Å². The van der Waals surface area contributed by atoms with Gasteiger partial charge in [-0.1, -0.05) is 29.8 Å². The van der Waals surface area contributed by atoms with Gasteiger partial charge in [-0.2, -0.15) is 26.3 Å². The van der Waals surface area contributed by atoms with Crippen molar-refractivity contribution in [2.24, 2.45) is 0 Å². The van der Waals surface area contributed by atoms with Crippen LogP contribution in [0.5, 0.6) is 0 Å². The van der Waals surface area contributed by atoms with E-state index < -0.39 is 24.3 Å². The first-order chi connectivity index (χ1) is 16.9. The van der Waals surface area contributed by atoms with Crippen LogP contribution in [0.1, 0.15) is 24.0 Å². The molecule has 0 aliphatic carbocycles. The summed E-state index contributed by atoms with van der Waals surface area (Å²) in [7, 11) is 2.08. The largest absolute Gasteiger partial charge is 0.490 e. The van der Waals surface area contributed by atoms with Gasteiger partial charge < -0.3 is 30.5 Å². The van der Waals surface area contributed by atoms with E-state index in [4.69, 9.17) is 24.5 Å². The van der Waals surface area contributed by atoms with Gasteiger partial charge in [-0.3, -0.25) is 4.79 Å². The van der Waals surface area contributed by atoms with Crippen LogP contribution in [0.15, 0.2) is 24.3 Å². The van der Waals surface area contributed by atoms with Crippen LogP contribution in [-0.2, 0) is 25.7 Å². The molecule has 2 fully saturated rings. The van der Waals surface area contributed by atoms with Crippen molar-refractivity contribution >= 4 is 17.8 Å². The average Bonchev–Trinajstić information content (AvgIpc) is 2.78. The smallest absolute Gasteiger partial charge is 0.475 e. The zero-order valence-electron chi connectivity index (χ0n) is 20.1. The number of carboxylic acids is 2. The third-order valence-electron chi connectivity index (χ3n) is 5.31. The number of halogens is 6. The number of morpholine rings is 1. The second-order valence-corrected chi connectivity index (χ2v) is 8.55. The van der Waals surface area contributed by atoms with Gasteiger partial charge in [0.2, 0.25) is 0 Å². The molecular weight excluding hydrogens is 516 g/mol. The normalized spacial score (nSPS) is 19.5. The Kier molecular flexibility index (Phi) is 11.8. The molecule has 0 aromatic heterocycles. The highest BCUT2D eigenvalue weighted by atomic mass is 19.4. The van der Waals surface area contributed by atoms with Crippen LogP contribution in [0.25, 0.3) is 0 Å². The van der Waals surface area contributed by atoms with Gasteiger partial charge in [0.15, 0.2) is 0 Å². The van der Waals surface area contributed by atoms with Crippen molar-refractivity contribution in [3.05, 3.63) is 35.4 Å². The summed E-state index contributed by atoms with van der Waals surface area (Å²) in [5.41, 5.74) is 2.18. The predicted octanol–water partition coefficient (Wildman–Crippen LogP) is 2.33. The van der Waals surface area contributed by atoms with E-state index in [-0.39, 0.29) is 17.6 Å². The molecule has 9 nitrogen and oxygen atoms in total. The second-order valence-electron chi connectivity index (χ2n) is 8.55. The third-order valence-corrected chi connectivity index (χ3v) is 5.31. The molecule has 1 spiro atoms. The maximum absolute atomic E-state index is 12.5. The molecule has 0 bridgehead atoms. The van der Waals surface area contributed by atoms with E-state index in [1.807, 2.05) is 0 Å². The van der Waals surface area contributed by atoms with E-state index >= 15 is 0 Å². The Balaban J connectivity index is 0.000000404. The molecule has 1 amide bonds. The first-order valence-corrected chi connectivity index (χ1v) is 11.0. The van der Waals surface area contributed by atoms with Crippen LogP contribution < -0.4 is 10.6 Å². The summed E-state index contributed by atoms with van der Waals surface area (Å²) >= 11 is 0. The minimum absolute atomic E-state index is 0.00460. The number of amides is 1. The Morgan fingerprint density at radius 3 is 1.92 bits per heavy atom. The van der Waals surface area contributed by atoms with Crippen molar-refractivity contribution in [2.45, 2.75) is 50.4 Å². The van der Waals surface area contributed by atoms with Crippen LogP contribution in [0.3, 0.4) is 0 Å². The Bertz CT molecular complexity index is 878. The fraction of sp³-hybridized carbons (Fsp3) is 0.591. The lowest BCUT2D eigenvalue weighted by molar-refractivity contribution is -0.193. The lowest BCUT2D eigenvalue weighted by atomic mass is 9.89. The number of hydrogen-bond donors (Lipinski definition) is 4. The number of nitrogens with zero attached hydrogens (tertiary/aromatic N) is 1. The van der Waals surface area contributed by atoms with Gasteiger partial charge in [-0.05, 0) is 45.5 Å². The molecule has 0 saturated carbocycles. The summed E-state index contributed by atoms with van der Waals surface area (Å²) in [5.74, 6) is -5.52. The predicted molar refractivity (Wildman–Crippen MR) is 118 cm³/mol. The minimum Gasteiger partial charge on any atom is -0.475 e. The molecule has 2 saturated heterocycles. The van der Waals surface area contributed by atoms with Gasteiger partial charge in [0.25, 0.3) is 5.91 Å². The molecule has 4 N–H and O–H groups in total. The molecule has 2 aliphatic heterocycles. The first-order valence-electron chi connectivity index (χ1n) is 11.0. The molecule has 1 unspecified atom stereocenters. The van der Waals surface area contributed by atoms with Crippen molar-refractivity contribution in [1.82, 2.24) is 15.5 Å². The number of carboxylic acid groups (broad SMARTS) is 2. The Morgan fingerprint density at radius 1 is 1.03 bits per heavy atom. The van der Waals surface area contributed by atoms with Gasteiger partial charge in [0.05, 0.1) is 5.60 Å². The molecule has 1 atom stereocenters. The van der Waals surface area contributed by atoms with E-state index in [0.29, 0.717) is 13.1 Å². The maximum atomic E-state index is 12.5. The van der Waals surface area contributed by atoms with Crippen LogP contribution >= 0.6 is 0 Å². The highest BCUT2D eigenvalue weighted by Crippen LogP contribution is 2.29. The van der Waals surface area contributed by atoms with Gasteiger partial charge in [0.1, 0.15) is 6.10 Å². The summed E-state index contributed by atoms with van der Waals surface area (Å²) < 4.78 is 69.7. The molecule has 2 heterocycles. The lowest BCUT2D eigenvalue weighted by Crippen LogP contribution is -2.61. The van der Waals surface area contributed by atoms with E-state index in [1.54, 1.807) is 0 Å². The number of hydrogen-bond acceptors (Lipinski definition) is 6. The van der Waals surface area contributed by atoms with Crippen LogP contribution in [-0.4, -0.2) is 90.2 Å². The second kappa shape index (κ2) is 13.6. The van der Waals surface area contributed by atoms with Gasteiger partial charge in [-0.15, -0.1) is 0 Å². The van der Waals surface area contributed by atoms with E-state index in [9.17, 15) is 31.1 Å². The lowest BCUT2D eigenvalue weighted by Gasteiger charge is -2.46. The molecule has 15 heteroatoms. The number of likely N-dealkylation sites (N-methyl/N-ethyl adjacent to an activating group) is 1. The number of aliphatic carboxylic acids is 2. The number of ether oxygens (including phenoxy) is 1. The Labute approximate surface area is 208 Å². The quantitative estimate of drug-likeness (QED) is 0.427. The van der Waals surface area contributed by atoms with Crippen molar-refractivity contribution in [3.8, 4) is 0 Å². The summed E-state index contributed by atoms with van der Waals surface area (Å²) in [4.78, 5) is 32.6. The monoisotopic (exact) mass is 545 g/mol. The van der Waals surface area contributed by atoms with Crippen molar-refractivity contribution in [3.63, 3.8) is 0 Å². The Morgan fingerprint density at radius 2 is 1.49 bits per heavy atom. The number of piperidine rings is 1. The molecule has 2 aliphatic rings. The van der Waals surface area contributed by atoms with Crippen LogP contribution in [0.4, 0.5) is 26.3 Å². The summed E-state index contributed by atoms with van der Waals surface area (Å²) in [5, 5.41) is 20.6. The molecule has 1 aromatic rings. The van der Waals surface area contributed by atoms with Gasteiger partial charge in [-0.25, -0.2) is 9.59 Å². The topological polar surface area (TPSA) is 128 Å². The number of alkyl halides is 6. The van der Waals surface area contributed by atoms with Crippen molar-refractivity contribution in [2.75, 3.05) is 33.2 Å². The average molecular weight is 545 g/mol. The number of carbonyl (C=O) groups is 3. The maximum Gasteiger partial charge on any atom is 0.490 e. The Hall–Kier alpha value is -2.91. The third kappa shape index (κ3) is 11.8. The fourth-order valence-electron chi connectivity index (χ4n) is 3.52. The number of rotatable bonds is 3. The number of benzene rings is 1. The van der Waals surface area contributed by atoms with Crippen molar-refractivity contribution < 1.29 is 55.7 Å². The van der Waals surface area contributed by atoms with Crippen LogP contribution in [0.2, 0.25) is 0 Å². The fourth-order valence-corrected chi connectivity index (χ4v) is 3.52. The summed E-state index contributed by atoms with van der Waals surface area (Å²) in [6.07, 6.45) is -8.60. The number of carbonyl (C=O) groups excluding carboxylic acids is 1. The first kappa shape index (κ1) is 32.1. The van der Waals surface area contributed by atoms with Gasteiger partial charge >= 0.3 is 24.3 Å². The summed E-state index contributed by atoms with van der Waals surface area (Å²) in [6.45, 7) is 6.12. The van der Waals surface area contributed by atoms with E-state index in [0.717, 1.165) is 38.0 Å². The van der Waals surface area contributed by atoms with E-state index in [1.165, 1.54) is 5.56 Å². The number of nitrogens with one attached hydrogen (secondary N) is 2. The summed E-state index contributed by atoms with van der Waals surface area (Å²) in [6, 6.07) is 8.24. The highest BCUT2D eigenvalue weighted by molar-refractivity contribution is 5.81. The zero-order valence-corrected chi connectivity index (χ0v) is 20.1.